The van der Waals surface area contributed by atoms with Gasteiger partial charge in [0.25, 0.3) is 0 Å². The van der Waals surface area contributed by atoms with E-state index in [4.69, 9.17) is 11.6 Å². The van der Waals surface area contributed by atoms with Gasteiger partial charge in [-0.05, 0) is 19.1 Å². The molecule has 106 valence electrons. The normalized spacial score (nSPS) is 10.3. The Morgan fingerprint density at radius 3 is 2.95 bits per heavy atom. The highest BCUT2D eigenvalue weighted by Crippen LogP contribution is 2.17. The van der Waals surface area contributed by atoms with Crippen molar-refractivity contribution in [2.45, 2.75) is 20.0 Å². The maximum atomic E-state index is 12.1. The number of amides is 2. The Kier molecular flexibility index (Phi) is 4.57. The standard InChI is InChI=1S/C13H16ClN5O/c1-3-19-8-7-15-11(19)9-18(2)13(20)17-10-5-4-6-16-12(10)14/h4-8H,3,9H2,1-2H3,(H,17,20). The molecule has 7 heteroatoms. The van der Waals surface area contributed by atoms with Crippen molar-refractivity contribution in [1.29, 1.82) is 0 Å². The molecule has 0 spiro atoms. The number of halogens is 1. The Morgan fingerprint density at radius 2 is 2.25 bits per heavy atom. The number of hydrogen-bond acceptors (Lipinski definition) is 3. The lowest BCUT2D eigenvalue weighted by Gasteiger charge is -2.18. The number of urea groups is 1. The van der Waals surface area contributed by atoms with Crippen LogP contribution < -0.4 is 5.32 Å². The highest BCUT2D eigenvalue weighted by molar-refractivity contribution is 6.32. The van der Waals surface area contributed by atoms with Gasteiger partial charge < -0.3 is 14.8 Å². The Labute approximate surface area is 122 Å². The number of aryl methyl sites for hydroxylation is 1. The molecule has 2 aromatic rings. The lowest BCUT2D eigenvalue weighted by molar-refractivity contribution is 0.219. The predicted molar refractivity (Wildman–Crippen MR) is 77.6 cm³/mol. The first-order valence-corrected chi connectivity index (χ1v) is 6.62. The van der Waals surface area contributed by atoms with Crippen LogP contribution in [0.4, 0.5) is 10.5 Å². The fourth-order valence-electron chi connectivity index (χ4n) is 1.75. The highest BCUT2D eigenvalue weighted by atomic mass is 35.5. The lowest BCUT2D eigenvalue weighted by atomic mass is 10.4. The molecule has 0 saturated carbocycles. The van der Waals surface area contributed by atoms with Crippen molar-refractivity contribution in [3.05, 3.63) is 41.7 Å². The molecule has 0 radical (unpaired) electrons. The van der Waals surface area contributed by atoms with Gasteiger partial charge >= 0.3 is 6.03 Å². The van der Waals surface area contributed by atoms with E-state index in [0.717, 1.165) is 12.4 Å². The molecule has 0 aromatic carbocycles. The van der Waals surface area contributed by atoms with E-state index in [2.05, 4.69) is 15.3 Å². The zero-order valence-corrected chi connectivity index (χ0v) is 12.1. The van der Waals surface area contributed by atoms with E-state index in [1.807, 2.05) is 17.7 Å². The Balaban J connectivity index is 2.01. The molecule has 2 heterocycles. The first kappa shape index (κ1) is 14.3. The molecule has 0 aliphatic heterocycles. The summed E-state index contributed by atoms with van der Waals surface area (Å²) in [5.41, 5.74) is 0.491. The van der Waals surface area contributed by atoms with Gasteiger partial charge in [0.05, 0.1) is 12.2 Å². The van der Waals surface area contributed by atoms with E-state index >= 15 is 0 Å². The number of imidazole rings is 1. The second-order valence-corrected chi connectivity index (χ2v) is 4.62. The molecule has 0 fully saturated rings. The summed E-state index contributed by atoms with van der Waals surface area (Å²) in [6.07, 6.45) is 5.18. The van der Waals surface area contributed by atoms with Crippen molar-refractivity contribution in [3.8, 4) is 0 Å². The largest absolute Gasteiger partial charge is 0.334 e. The molecule has 0 aliphatic rings. The molecular weight excluding hydrogens is 278 g/mol. The van der Waals surface area contributed by atoms with Crippen LogP contribution in [0.15, 0.2) is 30.7 Å². The smallest absolute Gasteiger partial charge is 0.322 e. The third kappa shape index (κ3) is 3.27. The third-order valence-corrected chi connectivity index (χ3v) is 3.17. The van der Waals surface area contributed by atoms with E-state index in [0.29, 0.717) is 12.2 Å². The summed E-state index contributed by atoms with van der Waals surface area (Å²) in [6.45, 7) is 3.27. The van der Waals surface area contributed by atoms with E-state index in [1.54, 1.807) is 31.6 Å². The molecule has 0 atom stereocenters. The fraction of sp³-hybridized carbons (Fsp3) is 0.308. The average molecular weight is 294 g/mol. The zero-order chi connectivity index (χ0) is 14.5. The minimum atomic E-state index is -0.259. The Bertz CT molecular complexity index is 598. The van der Waals surface area contributed by atoms with Gasteiger partial charge in [0.1, 0.15) is 5.82 Å². The first-order chi connectivity index (χ1) is 9.61. The van der Waals surface area contributed by atoms with Crippen molar-refractivity contribution >= 4 is 23.3 Å². The number of rotatable bonds is 4. The van der Waals surface area contributed by atoms with Crippen molar-refractivity contribution in [2.75, 3.05) is 12.4 Å². The maximum absolute atomic E-state index is 12.1. The van der Waals surface area contributed by atoms with Crippen LogP contribution in [0, 0.1) is 0 Å². The van der Waals surface area contributed by atoms with E-state index in [-0.39, 0.29) is 11.2 Å². The van der Waals surface area contributed by atoms with Crippen LogP contribution in [0.1, 0.15) is 12.7 Å². The average Bonchev–Trinajstić information content (AvgIpc) is 2.88. The minimum Gasteiger partial charge on any atom is -0.334 e. The molecule has 1 N–H and O–H groups in total. The number of aromatic nitrogens is 3. The highest BCUT2D eigenvalue weighted by Gasteiger charge is 2.13. The zero-order valence-electron chi connectivity index (χ0n) is 11.4. The van der Waals surface area contributed by atoms with Crippen molar-refractivity contribution in [3.63, 3.8) is 0 Å². The monoisotopic (exact) mass is 293 g/mol. The van der Waals surface area contributed by atoms with Crippen LogP contribution in [0.2, 0.25) is 5.15 Å². The van der Waals surface area contributed by atoms with Gasteiger partial charge in [0, 0.05) is 32.2 Å². The summed E-state index contributed by atoms with van der Waals surface area (Å²) in [7, 11) is 1.70. The lowest BCUT2D eigenvalue weighted by Crippen LogP contribution is -2.32. The van der Waals surface area contributed by atoms with Gasteiger partial charge in [-0.25, -0.2) is 14.8 Å². The van der Waals surface area contributed by atoms with Crippen LogP contribution in [0.5, 0.6) is 0 Å². The Hall–Kier alpha value is -2.08. The molecule has 0 bridgehead atoms. The topological polar surface area (TPSA) is 63.1 Å². The number of anilines is 1. The predicted octanol–water partition coefficient (Wildman–Crippen LogP) is 2.62. The number of carbonyl (C=O) groups is 1. The number of nitrogens with one attached hydrogen (secondary N) is 1. The van der Waals surface area contributed by atoms with Gasteiger partial charge in [-0.15, -0.1) is 0 Å². The first-order valence-electron chi connectivity index (χ1n) is 6.24. The van der Waals surface area contributed by atoms with Crippen LogP contribution >= 0.6 is 11.6 Å². The second-order valence-electron chi connectivity index (χ2n) is 4.26. The molecule has 0 aliphatic carbocycles. The van der Waals surface area contributed by atoms with Crippen molar-refractivity contribution in [2.24, 2.45) is 0 Å². The van der Waals surface area contributed by atoms with Crippen molar-refractivity contribution in [1.82, 2.24) is 19.4 Å². The molecule has 20 heavy (non-hydrogen) atoms. The quantitative estimate of drug-likeness (QED) is 0.881. The van der Waals surface area contributed by atoms with E-state index < -0.39 is 0 Å². The summed E-state index contributed by atoms with van der Waals surface area (Å²) < 4.78 is 1.99. The molecule has 0 saturated heterocycles. The minimum absolute atomic E-state index is 0.259. The van der Waals surface area contributed by atoms with Gasteiger partial charge in [0.2, 0.25) is 0 Å². The summed E-state index contributed by atoms with van der Waals surface area (Å²) >= 11 is 5.90. The molecule has 0 unspecified atom stereocenters. The van der Waals surface area contributed by atoms with Crippen molar-refractivity contribution < 1.29 is 4.79 Å². The number of pyridine rings is 1. The number of hydrogen-bond donors (Lipinski definition) is 1. The van der Waals surface area contributed by atoms with Gasteiger partial charge in [0.15, 0.2) is 5.15 Å². The molecule has 2 rings (SSSR count). The summed E-state index contributed by atoms with van der Waals surface area (Å²) in [6, 6.07) is 3.16. The van der Waals surface area contributed by atoms with Crippen LogP contribution in [-0.4, -0.2) is 32.5 Å². The second kappa shape index (κ2) is 6.38. The van der Waals surface area contributed by atoms with Gasteiger partial charge in [-0.3, -0.25) is 0 Å². The summed E-state index contributed by atoms with van der Waals surface area (Å²) in [5, 5.41) is 2.98. The van der Waals surface area contributed by atoms with Gasteiger partial charge in [-0.1, -0.05) is 11.6 Å². The molecular formula is C13H16ClN5O. The maximum Gasteiger partial charge on any atom is 0.322 e. The Morgan fingerprint density at radius 1 is 1.45 bits per heavy atom. The molecule has 2 aromatic heterocycles. The third-order valence-electron chi connectivity index (χ3n) is 2.87. The summed E-state index contributed by atoms with van der Waals surface area (Å²) in [5.74, 6) is 0.836. The SMILES string of the molecule is CCn1ccnc1CN(C)C(=O)Nc1cccnc1Cl. The summed E-state index contributed by atoms with van der Waals surface area (Å²) in [4.78, 5) is 21.8. The number of nitrogens with zero attached hydrogens (tertiary/aromatic N) is 4. The molecule has 6 nitrogen and oxygen atoms in total. The van der Waals surface area contributed by atoms with E-state index in [1.165, 1.54) is 4.90 Å². The van der Waals surface area contributed by atoms with Crippen LogP contribution in [-0.2, 0) is 13.1 Å². The number of carbonyl (C=O) groups excluding carboxylic acids is 1. The van der Waals surface area contributed by atoms with E-state index in [9.17, 15) is 4.79 Å². The van der Waals surface area contributed by atoms with Crippen LogP contribution in [0.25, 0.3) is 0 Å². The molecule has 2 amide bonds. The van der Waals surface area contributed by atoms with Gasteiger partial charge in [-0.2, -0.15) is 0 Å². The fourth-order valence-corrected chi connectivity index (χ4v) is 1.92. The van der Waals surface area contributed by atoms with Crippen LogP contribution in [0.3, 0.4) is 0 Å².